The smallest absolute Gasteiger partial charge is 0.138 e. The number of hydrogen-bond donors (Lipinski definition) is 1. The van der Waals surface area contributed by atoms with Gasteiger partial charge in [-0.15, -0.1) is 0 Å². The van der Waals surface area contributed by atoms with Gasteiger partial charge in [0.25, 0.3) is 0 Å². The lowest BCUT2D eigenvalue weighted by molar-refractivity contribution is -0.123. The second kappa shape index (κ2) is 7.69. The molecule has 3 nitrogen and oxygen atoms in total. The number of fused-ring (bicyclic) bond motifs is 1. The van der Waals surface area contributed by atoms with Gasteiger partial charge >= 0.3 is 0 Å². The van der Waals surface area contributed by atoms with Crippen LogP contribution in [0.25, 0.3) is 10.8 Å². The van der Waals surface area contributed by atoms with Crippen LogP contribution in [0, 0.1) is 5.92 Å². The van der Waals surface area contributed by atoms with Crippen molar-refractivity contribution in [3.8, 4) is 0 Å². The second-order valence-corrected chi connectivity index (χ2v) is 7.14. The quantitative estimate of drug-likeness (QED) is 0.632. The molecule has 3 heteroatoms. The van der Waals surface area contributed by atoms with Crippen molar-refractivity contribution >= 4 is 22.2 Å². The zero-order chi connectivity index (χ0) is 17.8. The lowest BCUT2D eigenvalue weighted by Gasteiger charge is -2.27. The average Bonchev–Trinajstić information content (AvgIpc) is 2.91. The molecular formula is C23H24N2O. The molecule has 26 heavy (non-hydrogen) atoms. The molecule has 1 aromatic heterocycles. The molecule has 0 aliphatic heterocycles. The number of aromatic nitrogens is 1. The van der Waals surface area contributed by atoms with Crippen LogP contribution in [0.15, 0.2) is 67.0 Å². The monoisotopic (exact) mass is 344 g/mol. The van der Waals surface area contributed by atoms with E-state index in [4.69, 9.17) is 0 Å². The Labute approximate surface area is 154 Å². The Morgan fingerprint density at radius 1 is 0.962 bits per heavy atom. The van der Waals surface area contributed by atoms with Crippen molar-refractivity contribution in [3.63, 3.8) is 0 Å². The first-order valence-corrected chi connectivity index (χ1v) is 9.49. The van der Waals surface area contributed by atoms with Gasteiger partial charge < -0.3 is 5.32 Å². The fourth-order valence-corrected chi connectivity index (χ4v) is 3.97. The number of pyridine rings is 1. The number of carbonyl (C=O) groups excluding carboxylic acids is 1. The van der Waals surface area contributed by atoms with Crippen molar-refractivity contribution in [1.29, 1.82) is 0 Å². The molecule has 2 atom stereocenters. The van der Waals surface area contributed by atoms with E-state index in [0.717, 1.165) is 36.9 Å². The zero-order valence-electron chi connectivity index (χ0n) is 14.9. The Morgan fingerprint density at radius 3 is 2.69 bits per heavy atom. The van der Waals surface area contributed by atoms with Crippen LogP contribution in [0.1, 0.15) is 43.7 Å². The highest BCUT2D eigenvalue weighted by atomic mass is 16.1. The van der Waals surface area contributed by atoms with E-state index in [1.165, 1.54) is 10.8 Å². The number of nitrogens with zero attached hydrogens (tertiary/aromatic N) is 1. The predicted molar refractivity (Wildman–Crippen MR) is 106 cm³/mol. The van der Waals surface area contributed by atoms with Gasteiger partial charge in [-0.25, -0.2) is 0 Å². The maximum atomic E-state index is 12.8. The Morgan fingerprint density at radius 2 is 1.85 bits per heavy atom. The molecule has 0 bridgehead atoms. The van der Waals surface area contributed by atoms with Crippen LogP contribution in [0.3, 0.4) is 0 Å². The van der Waals surface area contributed by atoms with E-state index in [0.29, 0.717) is 12.2 Å². The predicted octanol–water partition coefficient (Wildman–Crippen LogP) is 5.54. The fraction of sp³-hybridized carbons (Fsp3) is 0.304. The van der Waals surface area contributed by atoms with Gasteiger partial charge in [0.15, 0.2) is 0 Å². The molecule has 0 saturated heterocycles. The summed E-state index contributed by atoms with van der Waals surface area (Å²) in [6.45, 7) is 0. The first kappa shape index (κ1) is 16.8. The Balaban J connectivity index is 1.68. The number of Topliss-reactive ketones (excluding diaryl/α,β-unsaturated/α-hetero) is 1. The van der Waals surface area contributed by atoms with Crippen molar-refractivity contribution in [1.82, 2.24) is 4.98 Å². The molecule has 2 unspecified atom stereocenters. The van der Waals surface area contributed by atoms with Crippen LogP contribution in [-0.2, 0) is 4.79 Å². The van der Waals surface area contributed by atoms with Gasteiger partial charge in [0.05, 0.1) is 6.04 Å². The molecular weight excluding hydrogens is 320 g/mol. The molecule has 1 aliphatic carbocycles. The normalized spacial score (nSPS) is 19.1. The summed E-state index contributed by atoms with van der Waals surface area (Å²) in [5, 5.41) is 6.08. The number of carbonyl (C=O) groups is 1. The first-order chi connectivity index (χ1) is 12.8. The molecule has 0 amide bonds. The van der Waals surface area contributed by atoms with Crippen LogP contribution in [0.2, 0.25) is 0 Å². The molecule has 1 saturated carbocycles. The van der Waals surface area contributed by atoms with Crippen molar-refractivity contribution in [2.24, 2.45) is 5.92 Å². The van der Waals surface area contributed by atoms with Gasteiger partial charge in [-0.3, -0.25) is 9.78 Å². The van der Waals surface area contributed by atoms with E-state index in [-0.39, 0.29) is 12.0 Å². The summed E-state index contributed by atoms with van der Waals surface area (Å²) in [5.41, 5.74) is 2.13. The highest BCUT2D eigenvalue weighted by Crippen LogP contribution is 2.34. The Hall–Kier alpha value is -2.68. The van der Waals surface area contributed by atoms with E-state index < -0.39 is 0 Å². The van der Waals surface area contributed by atoms with Crippen molar-refractivity contribution < 1.29 is 4.79 Å². The second-order valence-electron chi connectivity index (χ2n) is 7.14. The minimum absolute atomic E-state index is 0.00757. The molecule has 3 aromatic rings. The van der Waals surface area contributed by atoms with E-state index in [1.807, 2.05) is 12.3 Å². The molecule has 132 valence electrons. The summed E-state index contributed by atoms with van der Waals surface area (Å²) in [4.78, 5) is 17.1. The van der Waals surface area contributed by atoms with Gasteiger partial charge in [-0.1, -0.05) is 49.2 Å². The van der Waals surface area contributed by atoms with Crippen molar-refractivity contribution in [2.75, 3.05) is 5.32 Å². The summed E-state index contributed by atoms with van der Waals surface area (Å²) in [6, 6.07) is 18.7. The summed E-state index contributed by atoms with van der Waals surface area (Å²) in [7, 11) is 0. The number of benzene rings is 2. The van der Waals surface area contributed by atoms with Crippen LogP contribution in [0.5, 0.6) is 0 Å². The standard InChI is InChI=1S/C23H24N2O/c26-22-11-3-1-2-10-21(22)23(19-9-6-14-24-16-19)25-20-13-12-17-7-4-5-8-18(17)15-20/h4-9,12-16,21,23,25H,1-3,10-11H2. The number of rotatable bonds is 4. The number of hydrogen-bond acceptors (Lipinski definition) is 3. The highest BCUT2D eigenvalue weighted by Gasteiger charge is 2.30. The first-order valence-electron chi connectivity index (χ1n) is 9.49. The van der Waals surface area contributed by atoms with Gasteiger partial charge in [-0.2, -0.15) is 0 Å². The summed E-state index contributed by atoms with van der Waals surface area (Å²) in [6.07, 6.45) is 8.60. The Kier molecular flexibility index (Phi) is 4.96. The molecule has 1 aliphatic rings. The van der Waals surface area contributed by atoms with E-state index in [9.17, 15) is 4.79 Å². The SMILES string of the molecule is O=C1CCCCCC1C(Nc1ccc2ccccc2c1)c1cccnc1. The molecule has 2 aromatic carbocycles. The Bertz CT molecular complexity index is 891. The molecule has 4 rings (SSSR count). The molecule has 0 radical (unpaired) electrons. The third-order valence-corrected chi connectivity index (χ3v) is 5.37. The van der Waals surface area contributed by atoms with E-state index in [2.05, 4.69) is 58.8 Å². The minimum atomic E-state index is -0.0320. The highest BCUT2D eigenvalue weighted by molar-refractivity contribution is 5.86. The largest absolute Gasteiger partial charge is 0.377 e. The summed E-state index contributed by atoms with van der Waals surface area (Å²) < 4.78 is 0. The molecule has 0 spiro atoms. The molecule has 1 heterocycles. The molecule has 1 fully saturated rings. The van der Waals surface area contributed by atoms with Gasteiger partial charge in [0.2, 0.25) is 0 Å². The maximum absolute atomic E-state index is 12.8. The summed E-state index contributed by atoms with van der Waals surface area (Å²) in [5.74, 6) is 0.387. The van der Waals surface area contributed by atoms with Crippen molar-refractivity contribution in [2.45, 2.75) is 38.1 Å². The van der Waals surface area contributed by atoms with Gasteiger partial charge in [-0.05, 0) is 47.4 Å². The third kappa shape index (κ3) is 3.62. The van der Waals surface area contributed by atoms with Crippen LogP contribution in [0.4, 0.5) is 5.69 Å². The van der Waals surface area contributed by atoms with E-state index in [1.54, 1.807) is 6.20 Å². The van der Waals surface area contributed by atoms with Crippen LogP contribution >= 0.6 is 0 Å². The number of ketones is 1. The van der Waals surface area contributed by atoms with E-state index >= 15 is 0 Å². The third-order valence-electron chi connectivity index (χ3n) is 5.37. The summed E-state index contributed by atoms with van der Waals surface area (Å²) >= 11 is 0. The zero-order valence-corrected chi connectivity index (χ0v) is 14.9. The topological polar surface area (TPSA) is 42.0 Å². The van der Waals surface area contributed by atoms with Gasteiger partial charge in [0, 0.05) is 30.4 Å². The van der Waals surface area contributed by atoms with Gasteiger partial charge in [0.1, 0.15) is 5.78 Å². The lowest BCUT2D eigenvalue weighted by Crippen LogP contribution is -2.27. The minimum Gasteiger partial charge on any atom is -0.377 e. The van der Waals surface area contributed by atoms with Crippen molar-refractivity contribution in [3.05, 3.63) is 72.6 Å². The molecule has 1 N–H and O–H groups in total. The fourth-order valence-electron chi connectivity index (χ4n) is 3.97. The maximum Gasteiger partial charge on any atom is 0.138 e. The van der Waals surface area contributed by atoms with Crippen LogP contribution < -0.4 is 5.32 Å². The average molecular weight is 344 g/mol. The number of anilines is 1. The number of nitrogens with one attached hydrogen (secondary N) is 1. The lowest BCUT2D eigenvalue weighted by atomic mass is 9.86. The van der Waals surface area contributed by atoms with Crippen LogP contribution in [-0.4, -0.2) is 10.8 Å².